The van der Waals surface area contributed by atoms with Gasteiger partial charge in [0.1, 0.15) is 5.82 Å². The van der Waals surface area contributed by atoms with Gasteiger partial charge in [0.05, 0.1) is 16.6 Å². The van der Waals surface area contributed by atoms with Crippen molar-refractivity contribution in [2.24, 2.45) is 0 Å². The van der Waals surface area contributed by atoms with Crippen LogP contribution in [-0.4, -0.2) is 15.5 Å². The summed E-state index contributed by atoms with van der Waals surface area (Å²) in [6.07, 6.45) is 0. The molecule has 0 atom stereocenters. The van der Waals surface area contributed by atoms with Crippen LogP contribution < -0.4 is 10.9 Å². The number of carbonyl (C=O) groups excluding carboxylic acids is 1. The fourth-order valence-corrected chi connectivity index (χ4v) is 3.82. The van der Waals surface area contributed by atoms with E-state index in [0.29, 0.717) is 23.0 Å². The summed E-state index contributed by atoms with van der Waals surface area (Å²) in [5, 5.41) is 3.21. The third-order valence-corrected chi connectivity index (χ3v) is 5.48. The lowest BCUT2D eigenvalue weighted by Crippen LogP contribution is -2.24. The van der Waals surface area contributed by atoms with Crippen molar-refractivity contribution in [3.8, 4) is 5.69 Å². The van der Waals surface area contributed by atoms with Gasteiger partial charge in [0.25, 0.3) is 11.5 Å². The first-order chi connectivity index (χ1) is 14.8. The molecule has 1 aromatic heterocycles. The zero-order valence-corrected chi connectivity index (χ0v) is 17.8. The number of halogens is 1. The third kappa shape index (κ3) is 4.04. The van der Waals surface area contributed by atoms with Crippen molar-refractivity contribution < 1.29 is 9.18 Å². The number of aryl methyl sites for hydroxylation is 2. The Balaban J connectivity index is 1.66. The molecule has 0 fully saturated rings. The number of aromatic amines is 1. The monoisotopic (exact) mass is 433 g/mol. The number of para-hydroxylation sites is 1. The summed E-state index contributed by atoms with van der Waals surface area (Å²) in [6.45, 7) is 4.42. The smallest absolute Gasteiger partial charge is 0.266 e. The first-order valence-corrected chi connectivity index (χ1v) is 10.1. The Labute approximate surface area is 183 Å². The Morgan fingerprint density at radius 1 is 1.10 bits per heavy atom. The van der Waals surface area contributed by atoms with Crippen molar-refractivity contribution in [2.75, 3.05) is 0 Å². The topological polar surface area (TPSA) is 66.9 Å². The molecule has 0 unspecified atom stereocenters. The van der Waals surface area contributed by atoms with Crippen LogP contribution in [-0.2, 0) is 6.54 Å². The van der Waals surface area contributed by atoms with Gasteiger partial charge in [0.2, 0.25) is 0 Å². The second-order valence-corrected chi connectivity index (χ2v) is 7.78. The molecule has 3 aromatic carbocycles. The number of hydrogen-bond donors (Lipinski definition) is 2. The minimum Gasteiger partial charge on any atom is -0.348 e. The van der Waals surface area contributed by atoms with Gasteiger partial charge in [0.15, 0.2) is 4.77 Å². The molecular formula is C24H20FN3O2S. The average molecular weight is 434 g/mol. The van der Waals surface area contributed by atoms with Crippen molar-refractivity contribution >= 4 is 29.0 Å². The molecule has 0 aliphatic carbocycles. The number of H-pyrrole nitrogens is 1. The summed E-state index contributed by atoms with van der Waals surface area (Å²) in [5.41, 5.74) is 3.74. The summed E-state index contributed by atoms with van der Waals surface area (Å²) in [4.78, 5) is 28.6. The lowest BCUT2D eigenvalue weighted by molar-refractivity contribution is 0.0951. The Kier molecular flexibility index (Phi) is 5.52. The van der Waals surface area contributed by atoms with E-state index < -0.39 is 11.4 Å². The van der Waals surface area contributed by atoms with E-state index in [1.54, 1.807) is 30.3 Å². The fourth-order valence-electron chi connectivity index (χ4n) is 3.53. The highest BCUT2D eigenvalue weighted by molar-refractivity contribution is 7.71. The van der Waals surface area contributed by atoms with Crippen LogP contribution in [0.3, 0.4) is 0 Å². The average Bonchev–Trinajstić information content (AvgIpc) is 2.74. The molecule has 0 bridgehead atoms. The lowest BCUT2D eigenvalue weighted by Gasteiger charge is -2.11. The van der Waals surface area contributed by atoms with E-state index in [0.717, 1.165) is 15.7 Å². The largest absolute Gasteiger partial charge is 0.348 e. The molecule has 1 heterocycles. The van der Waals surface area contributed by atoms with E-state index in [1.165, 1.54) is 17.7 Å². The molecule has 31 heavy (non-hydrogen) atoms. The molecule has 5 nitrogen and oxygen atoms in total. The van der Waals surface area contributed by atoms with Crippen molar-refractivity contribution in [1.82, 2.24) is 14.9 Å². The Bertz CT molecular complexity index is 1440. The van der Waals surface area contributed by atoms with Crippen molar-refractivity contribution in [1.29, 1.82) is 0 Å². The van der Waals surface area contributed by atoms with Gasteiger partial charge < -0.3 is 10.3 Å². The van der Waals surface area contributed by atoms with E-state index in [4.69, 9.17) is 12.2 Å². The molecule has 4 aromatic rings. The molecule has 7 heteroatoms. The first-order valence-electron chi connectivity index (χ1n) is 9.73. The number of carbonyl (C=O) groups is 1. The Morgan fingerprint density at radius 2 is 1.87 bits per heavy atom. The maximum atomic E-state index is 14.2. The van der Waals surface area contributed by atoms with E-state index >= 15 is 0 Å². The number of amides is 1. The molecule has 0 aliphatic heterocycles. The molecule has 0 saturated heterocycles. The van der Waals surface area contributed by atoms with Gasteiger partial charge in [-0.3, -0.25) is 9.59 Å². The van der Waals surface area contributed by atoms with Crippen LogP contribution in [0.2, 0.25) is 0 Å². The maximum Gasteiger partial charge on any atom is 0.266 e. The van der Waals surface area contributed by atoms with Crippen molar-refractivity contribution in [3.05, 3.63) is 104 Å². The maximum absolute atomic E-state index is 14.2. The van der Waals surface area contributed by atoms with Gasteiger partial charge in [0, 0.05) is 12.1 Å². The second-order valence-electron chi connectivity index (χ2n) is 7.40. The third-order valence-electron chi connectivity index (χ3n) is 5.19. The van der Waals surface area contributed by atoms with Gasteiger partial charge in [-0.25, -0.2) is 8.96 Å². The number of benzene rings is 3. The van der Waals surface area contributed by atoms with Gasteiger partial charge in [-0.15, -0.1) is 0 Å². The van der Waals surface area contributed by atoms with Crippen LogP contribution in [0.1, 0.15) is 27.0 Å². The highest BCUT2D eigenvalue weighted by Crippen LogP contribution is 2.16. The molecule has 0 aliphatic rings. The second kappa shape index (κ2) is 8.28. The lowest BCUT2D eigenvalue weighted by atomic mass is 10.1. The molecule has 1 amide bonds. The molecule has 2 N–H and O–H groups in total. The quantitative estimate of drug-likeness (QED) is 0.457. The molecule has 0 spiro atoms. The van der Waals surface area contributed by atoms with Crippen LogP contribution in [0, 0.1) is 24.4 Å². The fraction of sp³-hybridized carbons (Fsp3) is 0.125. The SMILES string of the molecule is Cc1ccc(CNC(=O)c2ccc3c(=O)n(-c4ccccc4F)c(=S)[nH]c3c2)c(C)c1. The van der Waals surface area contributed by atoms with Gasteiger partial charge >= 0.3 is 0 Å². The summed E-state index contributed by atoms with van der Waals surface area (Å²) >= 11 is 5.30. The number of hydrogen-bond acceptors (Lipinski definition) is 3. The number of aromatic nitrogens is 2. The standard InChI is InChI=1S/C24H20FN3O2S/c1-14-7-8-17(15(2)11-14)13-26-22(29)16-9-10-18-20(12-16)27-24(31)28(23(18)30)21-6-4-3-5-19(21)25/h3-12H,13H2,1-2H3,(H,26,29)(H,27,31). The van der Waals surface area contributed by atoms with Crippen LogP contribution in [0.4, 0.5) is 4.39 Å². The van der Waals surface area contributed by atoms with E-state index in [9.17, 15) is 14.0 Å². The summed E-state index contributed by atoms with van der Waals surface area (Å²) in [7, 11) is 0. The minimum absolute atomic E-state index is 0.0513. The van der Waals surface area contributed by atoms with E-state index in [2.05, 4.69) is 16.4 Å². The summed E-state index contributed by atoms with van der Waals surface area (Å²) in [5.74, 6) is -0.815. The number of rotatable bonds is 4. The molecule has 0 radical (unpaired) electrons. The highest BCUT2D eigenvalue weighted by atomic mass is 32.1. The van der Waals surface area contributed by atoms with Gasteiger partial charge in [-0.05, 0) is 67.5 Å². The van der Waals surface area contributed by atoms with Gasteiger partial charge in [-0.2, -0.15) is 0 Å². The molecule has 4 rings (SSSR count). The zero-order valence-electron chi connectivity index (χ0n) is 17.0. The predicted octanol–water partition coefficient (Wildman–Crippen LogP) is 4.73. The summed E-state index contributed by atoms with van der Waals surface area (Å²) < 4.78 is 15.4. The van der Waals surface area contributed by atoms with E-state index in [1.807, 2.05) is 26.0 Å². The first kappa shape index (κ1) is 20.7. The predicted molar refractivity (Wildman–Crippen MR) is 122 cm³/mol. The van der Waals surface area contributed by atoms with Crippen LogP contribution in [0.15, 0.2) is 65.5 Å². The van der Waals surface area contributed by atoms with Crippen LogP contribution in [0.25, 0.3) is 16.6 Å². The van der Waals surface area contributed by atoms with Gasteiger partial charge in [-0.1, -0.05) is 35.9 Å². The van der Waals surface area contributed by atoms with Crippen molar-refractivity contribution in [3.63, 3.8) is 0 Å². The van der Waals surface area contributed by atoms with Crippen LogP contribution in [0.5, 0.6) is 0 Å². The summed E-state index contributed by atoms with van der Waals surface area (Å²) in [6, 6.07) is 16.7. The molecule has 0 saturated carbocycles. The van der Waals surface area contributed by atoms with Crippen molar-refractivity contribution in [2.45, 2.75) is 20.4 Å². The highest BCUT2D eigenvalue weighted by Gasteiger charge is 2.13. The zero-order chi connectivity index (χ0) is 22.1. The minimum atomic E-state index is -0.550. The number of nitrogens with zero attached hydrogens (tertiary/aromatic N) is 1. The Hall–Kier alpha value is -3.58. The Morgan fingerprint density at radius 3 is 2.61 bits per heavy atom. The van der Waals surface area contributed by atoms with E-state index in [-0.39, 0.29) is 16.4 Å². The number of fused-ring (bicyclic) bond motifs is 1. The molecule has 156 valence electrons. The molecular weight excluding hydrogens is 413 g/mol. The van der Waals surface area contributed by atoms with Crippen LogP contribution >= 0.6 is 12.2 Å². The number of nitrogens with one attached hydrogen (secondary N) is 2. The normalized spacial score (nSPS) is 10.9.